The number of benzene rings is 3. The fraction of sp³-hybridized carbons (Fsp3) is 0.300. The maximum absolute atomic E-state index is 10.9. The fourth-order valence-corrected chi connectivity index (χ4v) is 4.95. The minimum absolute atomic E-state index is 0.290. The Bertz CT molecular complexity index is 1180. The zero-order valence-electron chi connectivity index (χ0n) is 20.2. The molecule has 1 heterocycles. The first-order valence-electron chi connectivity index (χ1n) is 12.0. The van der Waals surface area contributed by atoms with E-state index in [9.17, 15) is 9.90 Å². The van der Waals surface area contributed by atoms with Gasteiger partial charge in [0.1, 0.15) is 5.75 Å². The van der Waals surface area contributed by atoms with Crippen molar-refractivity contribution in [3.8, 4) is 5.75 Å². The summed E-state index contributed by atoms with van der Waals surface area (Å²) in [5.74, 6) is 0.0181. The number of carbonyl (C=O) groups is 1. The summed E-state index contributed by atoms with van der Waals surface area (Å²) in [6, 6.07) is 22.7. The average Bonchev–Trinajstić information content (AvgIpc) is 2.82. The lowest BCUT2D eigenvalue weighted by Gasteiger charge is -2.48. The van der Waals surface area contributed by atoms with Gasteiger partial charge in [-0.25, -0.2) is 4.79 Å². The van der Waals surface area contributed by atoms with Crippen LogP contribution in [-0.4, -0.2) is 22.7 Å². The van der Waals surface area contributed by atoms with Gasteiger partial charge in [0, 0.05) is 18.3 Å². The first-order chi connectivity index (χ1) is 16.3. The number of anilines is 1. The van der Waals surface area contributed by atoms with Crippen LogP contribution in [-0.2, 0) is 23.2 Å². The largest absolute Gasteiger partial charge is 0.508 e. The zero-order valence-corrected chi connectivity index (χ0v) is 20.2. The molecule has 34 heavy (non-hydrogen) atoms. The van der Waals surface area contributed by atoms with Gasteiger partial charge >= 0.3 is 5.97 Å². The van der Waals surface area contributed by atoms with E-state index in [-0.39, 0.29) is 0 Å². The smallest absolute Gasteiger partial charge is 0.328 e. The molecule has 1 aliphatic rings. The Morgan fingerprint density at radius 2 is 1.76 bits per heavy atom. The second-order valence-electron chi connectivity index (χ2n) is 9.71. The molecule has 0 aliphatic carbocycles. The van der Waals surface area contributed by atoms with Crippen molar-refractivity contribution >= 4 is 17.7 Å². The van der Waals surface area contributed by atoms with Crippen LogP contribution in [0.5, 0.6) is 5.75 Å². The number of rotatable bonds is 7. The molecule has 0 saturated heterocycles. The van der Waals surface area contributed by atoms with E-state index < -0.39 is 11.5 Å². The highest BCUT2D eigenvalue weighted by Gasteiger charge is 2.40. The van der Waals surface area contributed by atoms with Gasteiger partial charge in [-0.1, -0.05) is 56.3 Å². The third kappa shape index (κ3) is 4.86. The van der Waals surface area contributed by atoms with Crippen LogP contribution < -0.4 is 4.90 Å². The van der Waals surface area contributed by atoms with Gasteiger partial charge < -0.3 is 15.1 Å². The monoisotopic (exact) mass is 455 g/mol. The Labute approximate surface area is 202 Å². The molecule has 4 heteroatoms. The summed E-state index contributed by atoms with van der Waals surface area (Å²) in [5, 5.41) is 19.0. The van der Waals surface area contributed by atoms with Crippen molar-refractivity contribution in [2.75, 3.05) is 11.4 Å². The summed E-state index contributed by atoms with van der Waals surface area (Å²) >= 11 is 0. The number of hydrogen-bond donors (Lipinski definition) is 2. The molecule has 1 aliphatic heterocycles. The van der Waals surface area contributed by atoms with E-state index in [1.807, 2.05) is 24.3 Å². The van der Waals surface area contributed by atoms with E-state index >= 15 is 0 Å². The van der Waals surface area contributed by atoms with E-state index in [4.69, 9.17) is 5.11 Å². The van der Waals surface area contributed by atoms with Crippen LogP contribution in [0.2, 0.25) is 0 Å². The van der Waals surface area contributed by atoms with Gasteiger partial charge in [-0.05, 0) is 90.3 Å². The normalized spacial score (nSPS) is 17.8. The average molecular weight is 456 g/mol. The highest BCUT2D eigenvalue weighted by atomic mass is 16.4. The van der Waals surface area contributed by atoms with Crippen LogP contribution in [0.4, 0.5) is 5.69 Å². The Balaban J connectivity index is 1.74. The Kier molecular flexibility index (Phi) is 6.78. The molecule has 4 nitrogen and oxygen atoms in total. The minimum atomic E-state index is -0.958. The van der Waals surface area contributed by atoms with Crippen molar-refractivity contribution < 1.29 is 15.0 Å². The molecule has 176 valence electrons. The zero-order chi connectivity index (χ0) is 24.3. The molecule has 4 rings (SSSR count). The Hall–Kier alpha value is -3.53. The SMILES string of the molecule is CC(C)CCc1ccc(N2CCc3cc(O)ccc3C2(C)c2ccc(C=CC(=O)O)cc2)cc1. The molecule has 3 aromatic rings. The second kappa shape index (κ2) is 9.76. The number of hydrogen-bond acceptors (Lipinski definition) is 3. The predicted octanol–water partition coefficient (Wildman–Crippen LogP) is 6.40. The number of aliphatic carboxylic acids is 1. The molecule has 0 fully saturated rings. The fourth-order valence-electron chi connectivity index (χ4n) is 4.95. The van der Waals surface area contributed by atoms with Crippen molar-refractivity contribution in [2.45, 2.75) is 45.6 Å². The highest BCUT2D eigenvalue weighted by molar-refractivity contribution is 5.85. The predicted molar refractivity (Wildman–Crippen MR) is 138 cm³/mol. The molecule has 2 N–H and O–H groups in total. The van der Waals surface area contributed by atoms with Crippen molar-refractivity contribution in [2.24, 2.45) is 5.92 Å². The van der Waals surface area contributed by atoms with Gasteiger partial charge in [0.15, 0.2) is 0 Å². The van der Waals surface area contributed by atoms with Crippen LogP contribution >= 0.6 is 0 Å². The van der Waals surface area contributed by atoms with Crippen molar-refractivity contribution in [3.05, 3.63) is 101 Å². The first kappa shape index (κ1) is 23.6. The molecule has 0 aromatic heterocycles. The quantitative estimate of drug-likeness (QED) is 0.405. The summed E-state index contributed by atoms with van der Waals surface area (Å²) in [5.41, 5.74) is 6.39. The number of fused-ring (bicyclic) bond motifs is 1. The van der Waals surface area contributed by atoms with E-state index in [0.29, 0.717) is 11.7 Å². The van der Waals surface area contributed by atoms with Crippen LogP contribution in [0.1, 0.15) is 55.0 Å². The third-order valence-corrected chi connectivity index (χ3v) is 6.91. The molecule has 1 unspecified atom stereocenters. The minimum Gasteiger partial charge on any atom is -0.508 e. The number of carboxylic acids is 1. The molecular formula is C30H33NO3. The van der Waals surface area contributed by atoms with E-state index in [1.54, 1.807) is 12.1 Å². The van der Waals surface area contributed by atoms with E-state index in [1.165, 1.54) is 23.2 Å². The Morgan fingerprint density at radius 1 is 1.06 bits per heavy atom. The van der Waals surface area contributed by atoms with Crippen LogP contribution in [0.25, 0.3) is 6.08 Å². The Morgan fingerprint density at radius 3 is 2.41 bits per heavy atom. The molecule has 0 radical (unpaired) electrons. The summed E-state index contributed by atoms with van der Waals surface area (Å²) in [7, 11) is 0. The third-order valence-electron chi connectivity index (χ3n) is 6.91. The highest BCUT2D eigenvalue weighted by Crippen LogP contribution is 2.44. The lowest BCUT2D eigenvalue weighted by Crippen LogP contribution is -2.49. The lowest BCUT2D eigenvalue weighted by molar-refractivity contribution is -0.131. The lowest BCUT2D eigenvalue weighted by atomic mass is 9.76. The molecule has 1 atom stereocenters. The van der Waals surface area contributed by atoms with Gasteiger partial charge in [-0.3, -0.25) is 0 Å². The number of phenols is 1. The maximum Gasteiger partial charge on any atom is 0.328 e. The van der Waals surface area contributed by atoms with Crippen molar-refractivity contribution in [3.63, 3.8) is 0 Å². The van der Waals surface area contributed by atoms with Gasteiger partial charge in [0.2, 0.25) is 0 Å². The van der Waals surface area contributed by atoms with Crippen LogP contribution in [0, 0.1) is 5.92 Å². The molecule has 0 amide bonds. The van der Waals surface area contributed by atoms with Gasteiger partial charge in [0.05, 0.1) is 5.54 Å². The van der Waals surface area contributed by atoms with Gasteiger partial charge in [0.25, 0.3) is 0 Å². The summed E-state index contributed by atoms with van der Waals surface area (Å²) in [6.07, 6.45) is 5.88. The van der Waals surface area contributed by atoms with E-state index in [2.05, 4.69) is 62.1 Å². The van der Waals surface area contributed by atoms with E-state index in [0.717, 1.165) is 42.2 Å². The molecule has 3 aromatic carbocycles. The summed E-state index contributed by atoms with van der Waals surface area (Å²) < 4.78 is 0. The number of aromatic hydroxyl groups is 1. The second-order valence-corrected chi connectivity index (χ2v) is 9.71. The topological polar surface area (TPSA) is 60.8 Å². The summed E-state index contributed by atoms with van der Waals surface area (Å²) in [6.45, 7) is 7.58. The van der Waals surface area contributed by atoms with Crippen LogP contribution in [0.3, 0.4) is 0 Å². The number of aryl methyl sites for hydroxylation is 1. The summed E-state index contributed by atoms with van der Waals surface area (Å²) in [4.78, 5) is 13.3. The van der Waals surface area contributed by atoms with Crippen molar-refractivity contribution in [1.29, 1.82) is 0 Å². The standard InChI is InChI=1S/C30H33NO3/c1-21(2)4-5-22-8-13-26(14-9-22)31-19-18-24-20-27(32)15-16-28(24)30(31,3)25-11-6-23(7-12-25)10-17-29(33)34/h6-17,20-21,32H,4-5,18-19H2,1-3H3,(H,33,34). The molecule has 0 saturated carbocycles. The molecule has 0 spiro atoms. The first-order valence-corrected chi connectivity index (χ1v) is 12.0. The van der Waals surface area contributed by atoms with Gasteiger partial charge in [-0.2, -0.15) is 0 Å². The number of nitrogens with zero attached hydrogens (tertiary/aromatic N) is 1. The maximum atomic E-state index is 10.9. The van der Waals surface area contributed by atoms with Crippen molar-refractivity contribution in [1.82, 2.24) is 0 Å². The number of phenolic OH excluding ortho intramolecular Hbond substituents is 1. The number of carboxylic acid groups (broad SMARTS) is 1. The molecule has 0 bridgehead atoms. The molecular weight excluding hydrogens is 422 g/mol. The van der Waals surface area contributed by atoms with Gasteiger partial charge in [-0.15, -0.1) is 0 Å². The van der Waals surface area contributed by atoms with Crippen LogP contribution in [0.15, 0.2) is 72.8 Å².